The molecule has 7 heteroatoms. The van der Waals surface area contributed by atoms with Crippen LogP contribution in [-0.4, -0.2) is 69.7 Å². The summed E-state index contributed by atoms with van der Waals surface area (Å²) in [6, 6.07) is 5.28. The van der Waals surface area contributed by atoms with Crippen molar-refractivity contribution in [2.75, 3.05) is 19.6 Å². The van der Waals surface area contributed by atoms with E-state index in [1.807, 2.05) is 27.7 Å². The van der Waals surface area contributed by atoms with Crippen LogP contribution in [0.3, 0.4) is 0 Å². The molecule has 0 N–H and O–H groups in total. The maximum Gasteiger partial charge on any atom is 0.328 e. The lowest BCUT2D eigenvalue weighted by atomic mass is 9.85. The van der Waals surface area contributed by atoms with Gasteiger partial charge in [0.15, 0.2) is 5.78 Å². The zero-order valence-corrected chi connectivity index (χ0v) is 18.4. The highest BCUT2D eigenvalue weighted by Gasteiger charge is 2.59. The molecule has 1 spiro atoms. The van der Waals surface area contributed by atoms with Crippen LogP contribution in [0.15, 0.2) is 24.3 Å². The van der Waals surface area contributed by atoms with Gasteiger partial charge in [-0.3, -0.25) is 14.5 Å². The number of rotatable bonds is 7. The fourth-order valence-electron chi connectivity index (χ4n) is 4.73. The number of hydrogen-bond donors (Lipinski definition) is 0. The highest BCUT2D eigenvalue weighted by atomic mass is 19.1. The van der Waals surface area contributed by atoms with E-state index < -0.39 is 5.54 Å². The predicted molar refractivity (Wildman–Crippen MR) is 113 cm³/mol. The van der Waals surface area contributed by atoms with E-state index in [1.165, 1.54) is 29.2 Å². The number of imide groups is 1. The molecule has 3 rings (SSSR count). The molecule has 0 aromatic heterocycles. The summed E-state index contributed by atoms with van der Waals surface area (Å²) in [5, 5.41) is 0. The number of Topliss-reactive ketones (excluding diaryl/α,β-unsaturated/α-hetero) is 1. The van der Waals surface area contributed by atoms with Crippen LogP contribution in [-0.2, 0) is 4.79 Å². The van der Waals surface area contributed by atoms with E-state index in [1.54, 1.807) is 4.90 Å². The number of carbonyl (C=O) groups excluding carboxylic acids is 3. The number of ketones is 1. The number of benzene rings is 1. The number of urea groups is 1. The van der Waals surface area contributed by atoms with Crippen LogP contribution >= 0.6 is 0 Å². The molecule has 2 heterocycles. The van der Waals surface area contributed by atoms with Crippen molar-refractivity contribution in [3.63, 3.8) is 0 Å². The molecule has 3 amide bonds. The van der Waals surface area contributed by atoms with Gasteiger partial charge in [0, 0.05) is 37.2 Å². The summed E-state index contributed by atoms with van der Waals surface area (Å²) in [6.45, 7) is 9.88. The van der Waals surface area contributed by atoms with E-state index in [-0.39, 0.29) is 35.6 Å². The Hall–Kier alpha value is -2.28. The second-order valence-corrected chi connectivity index (χ2v) is 8.92. The number of amides is 3. The summed E-state index contributed by atoms with van der Waals surface area (Å²) < 4.78 is 13.0. The van der Waals surface area contributed by atoms with E-state index in [9.17, 15) is 18.8 Å². The van der Waals surface area contributed by atoms with Gasteiger partial charge in [-0.2, -0.15) is 0 Å². The van der Waals surface area contributed by atoms with Gasteiger partial charge in [-0.25, -0.2) is 9.18 Å². The van der Waals surface area contributed by atoms with Crippen molar-refractivity contribution in [3.05, 3.63) is 35.6 Å². The maximum atomic E-state index is 13.2. The monoisotopic (exact) mass is 417 g/mol. The number of likely N-dealkylation sites (tertiary alicyclic amines) is 1. The van der Waals surface area contributed by atoms with Gasteiger partial charge >= 0.3 is 6.03 Å². The third-order valence-corrected chi connectivity index (χ3v) is 6.25. The molecule has 2 fully saturated rings. The molecule has 164 valence electrons. The Labute approximate surface area is 178 Å². The lowest BCUT2D eigenvalue weighted by molar-refractivity contribution is -0.137. The highest BCUT2D eigenvalue weighted by molar-refractivity contribution is 6.07. The molecule has 2 aliphatic rings. The smallest absolute Gasteiger partial charge is 0.307 e. The average molecular weight is 418 g/mol. The molecule has 0 aliphatic carbocycles. The fraction of sp³-hybridized carbons (Fsp3) is 0.609. The Morgan fingerprint density at radius 1 is 1.03 bits per heavy atom. The van der Waals surface area contributed by atoms with Crippen molar-refractivity contribution in [3.8, 4) is 0 Å². The SMILES string of the molecule is CC(C)N1C(=O)N(C(C)C)C2(CCN(CCCC(=O)c3ccc(F)cc3)CC2)C1=O. The van der Waals surface area contributed by atoms with Crippen LogP contribution in [0.1, 0.15) is 63.7 Å². The van der Waals surface area contributed by atoms with E-state index in [4.69, 9.17) is 0 Å². The van der Waals surface area contributed by atoms with Crippen molar-refractivity contribution >= 4 is 17.7 Å². The predicted octanol–water partition coefficient (Wildman–Crippen LogP) is 3.70. The molecule has 0 saturated carbocycles. The number of hydrogen-bond acceptors (Lipinski definition) is 4. The van der Waals surface area contributed by atoms with Crippen LogP contribution in [0.2, 0.25) is 0 Å². The van der Waals surface area contributed by atoms with Crippen molar-refractivity contribution in [2.24, 2.45) is 0 Å². The first kappa shape index (κ1) is 22.4. The van der Waals surface area contributed by atoms with Crippen molar-refractivity contribution in [2.45, 2.75) is 71.0 Å². The lowest BCUT2D eigenvalue weighted by Crippen LogP contribution is -2.58. The van der Waals surface area contributed by atoms with E-state index in [2.05, 4.69) is 4.90 Å². The molecule has 0 radical (unpaired) electrons. The topological polar surface area (TPSA) is 60.9 Å². The average Bonchev–Trinajstić information content (AvgIpc) is 2.90. The molecule has 30 heavy (non-hydrogen) atoms. The minimum atomic E-state index is -0.740. The van der Waals surface area contributed by atoms with Gasteiger partial charge in [0.25, 0.3) is 5.91 Å². The summed E-state index contributed by atoms with van der Waals surface area (Å²) in [4.78, 5) is 43.8. The molecular formula is C23H32FN3O3. The largest absolute Gasteiger partial charge is 0.328 e. The minimum Gasteiger partial charge on any atom is -0.307 e. The van der Waals surface area contributed by atoms with Gasteiger partial charge in [0.2, 0.25) is 0 Å². The molecule has 1 aromatic rings. The van der Waals surface area contributed by atoms with Gasteiger partial charge < -0.3 is 9.80 Å². The second-order valence-electron chi connectivity index (χ2n) is 8.92. The van der Waals surface area contributed by atoms with Gasteiger partial charge in [-0.05, 0) is 77.8 Å². The zero-order chi connectivity index (χ0) is 22.1. The summed E-state index contributed by atoms with van der Waals surface area (Å²) >= 11 is 0. The van der Waals surface area contributed by atoms with Crippen LogP contribution in [0.4, 0.5) is 9.18 Å². The standard InChI is InChI=1S/C23H32FN3O3/c1-16(2)26-21(29)23(27(17(3)4)22(26)30)11-14-25(15-12-23)13-5-6-20(28)18-7-9-19(24)10-8-18/h7-10,16-17H,5-6,11-15H2,1-4H3. The Balaban J connectivity index is 1.57. The summed E-state index contributed by atoms with van der Waals surface area (Å²) in [5.74, 6) is -0.402. The Morgan fingerprint density at radius 3 is 2.17 bits per heavy atom. The van der Waals surface area contributed by atoms with Gasteiger partial charge in [0.1, 0.15) is 11.4 Å². The quantitative estimate of drug-likeness (QED) is 0.501. The number of carbonyl (C=O) groups is 3. The van der Waals surface area contributed by atoms with Crippen LogP contribution in [0.25, 0.3) is 0 Å². The van der Waals surface area contributed by atoms with Crippen LogP contribution in [0.5, 0.6) is 0 Å². The minimum absolute atomic E-state index is 0.0126. The molecule has 0 bridgehead atoms. The second kappa shape index (κ2) is 8.84. The van der Waals surface area contributed by atoms with Crippen LogP contribution in [0, 0.1) is 5.82 Å². The van der Waals surface area contributed by atoms with Crippen LogP contribution < -0.4 is 0 Å². The first-order valence-corrected chi connectivity index (χ1v) is 10.9. The van der Waals surface area contributed by atoms with Gasteiger partial charge in [-0.1, -0.05) is 0 Å². The number of piperidine rings is 1. The number of nitrogens with zero attached hydrogens (tertiary/aromatic N) is 3. The summed E-state index contributed by atoms with van der Waals surface area (Å²) in [5.41, 5.74) is -0.207. The van der Waals surface area contributed by atoms with Crippen molar-refractivity contribution in [1.29, 1.82) is 0 Å². The molecular weight excluding hydrogens is 385 g/mol. The van der Waals surface area contributed by atoms with E-state index in [0.717, 1.165) is 19.6 Å². The Morgan fingerprint density at radius 2 is 1.63 bits per heavy atom. The van der Waals surface area contributed by atoms with Crippen molar-refractivity contribution in [1.82, 2.24) is 14.7 Å². The molecule has 6 nitrogen and oxygen atoms in total. The molecule has 0 atom stereocenters. The first-order valence-electron chi connectivity index (χ1n) is 10.9. The normalized spacial score (nSPS) is 19.6. The summed E-state index contributed by atoms with van der Waals surface area (Å²) in [7, 11) is 0. The Bertz CT molecular complexity index is 798. The highest BCUT2D eigenvalue weighted by Crippen LogP contribution is 2.39. The first-order chi connectivity index (χ1) is 14.2. The maximum absolute atomic E-state index is 13.2. The van der Waals surface area contributed by atoms with E-state index >= 15 is 0 Å². The fourth-order valence-corrected chi connectivity index (χ4v) is 4.73. The third kappa shape index (κ3) is 4.13. The van der Waals surface area contributed by atoms with E-state index in [0.29, 0.717) is 31.2 Å². The third-order valence-electron chi connectivity index (χ3n) is 6.25. The Kier molecular flexibility index (Phi) is 6.60. The van der Waals surface area contributed by atoms with Gasteiger partial charge in [-0.15, -0.1) is 0 Å². The molecule has 2 saturated heterocycles. The lowest BCUT2D eigenvalue weighted by Gasteiger charge is -2.43. The molecule has 2 aliphatic heterocycles. The summed E-state index contributed by atoms with van der Waals surface area (Å²) in [6.07, 6.45) is 2.35. The zero-order valence-electron chi connectivity index (χ0n) is 18.4. The van der Waals surface area contributed by atoms with Crippen molar-refractivity contribution < 1.29 is 18.8 Å². The molecule has 1 aromatic carbocycles. The molecule has 0 unspecified atom stereocenters. The number of halogens is 1. The van der Waals surface area contributed by atoms with Gasteiger partial charge in [0.05, 0.1) is 0 Å².